The molecule has 0 radical (unpaired) electrons. The van der Waals surface area contributed by atoms with Crippen LogP contribution in [0.2, 0.25) is 0 Å². The summed E-state index contributed by atoms with van der Waals surface area (Å²) in [5.41, 5.74) is 0.775. The molecule has 0 atom stereocenters. The number of amides is 1. The van der Waals surface area contributed by atoms with Gasteiger partial charge in [0.15, 0.2) is 35.1 Å². The largest absolute Gasteiger partial charge is 0.466 e. The molecule has 4 aromatic rings. The third kappa shape index (κ3) is 4.55. The highest BCUT2D eigenvalue weighted by Gasteiger charge is 2.22. The van der Waals surface area contributed by atoms with Crippen molar-refractivity contribution in [3.8, 4) is 28.9 Å². The van der Waals surface area contributed by atoms with Crippen LogP contribution in [0.25, 0.3) is 22.7 Å². The monoisotopic (exact) mass is 509 g/mol. The predicted molar refractivity (Wildman–Crippen MR) is 134 cm³/mol. The van der Waals surface area contributed by atoms with Crippen molar-refractivity contribution in [2.75, 3.05) is 18.7 Å². The van der Waals surface area contributed by atoms with E-state index >= 15 is 0 Å². The molecule has 194 valence electrons. The molecule has 0 bridgehead atoms. The Labute approximate surface area is 210 Å². The highest BCUT2D eigenvalue weighted by atomic mass is 16.7. The van der Waals surface area contributed by atoms with Crippen LogP contribution in [0, 0.1) is 0 Å². The highest BCUT2D eigenvalue weighted by Crippen LogP contribution is 2.34. The molecule has 0 saturated heterocycles. The number of hydrogen-bond donors (Lipinski definition) is 2. The quantitative estimate of drug-likeness (QED) is 0.347. The van der Waals surface area contributed by atoms with Crippen LogP contribution in [0.1, 0.15) is 26.7 Å². The van der Waals surface area contributed by atoms with Crippen molar-refractivity contribution in [3.63, 3.8) is 0 Å². The first-order valence-corrected chi connectivity index (χ1v) is 12.0. The molecule has 1 aliphatic heterocycles. The molecular formula is C24H27N7O6. The molecule has 0 saturated carbocycles. The summed E-state index contributed by atoms with van der Waals surface area (Å²) in [5.74, 6) is 1.50. The molecule has 13 nitrogen and oxygen atoms in total. The smallest absolute Gasteiger partial charge is 0.330 e. The summed E-state index contributed by atoms with van der Waals surface area (Å²) >= 11 is 0. The maximum absolute atomic E-state index is 12.6. The van der Waals surface area contributed by atoms with Crippen LogP contribution in [0.15, 0.2) is 33.9 Å². The Morgan fingerprint density at radius 2 is 1.86 bits per heavy atom. The summed E-state index contributed by atoms with van der Waals surface area (Å²) in [5, 5.41) is 7.10. The van der Waals surface area contributed by atoms with Crippen molar-refractivity contribution in [2.45, 2.75) is 39.8 Å². The average molecular weight is 510 g/mol. The molecule has 37 heavy (non-hydrogen) atoms. The minimum absolute atomic E-state index is 0.148. The van der Waals surface area contributed by atoms with E-state index in [9.17, 15) is 14.4 Å². The number of imidazole rings is 1. The highest BCUT2D eigenvalue weighted by molar-refractivity contribution is 5.92. The minimum Gasteiger partial charge on any atom is -0.466 e. The standard InChI is InChI=1S/C24H27N7O6/c1-4-8-30-21(26-20-22(33)27-24(34)31(9-5-2)23(20)30)15-11-19(28-29(15)3)35-12-18(32)25-14-6-7-16-17(10-14)37-13-36-16/h6-7,10-11H,4-5,8-9,12-13H2,1-3H3,(H,25,32)(H,27,33,34). The molecule has 4 heterocycles. The molecule has 5 rings (SSSR count). The molecule has 0 aliphatic carbocycles. The van der Waals surface area contributed by atoms with Gasteiger partial charge in [-0.15, -0.1) is 5.10 Å². The van der Waals surface area contributed by atoms with E-state index in [1.54, 1.807) is 36.0 Å². The minimum atomic E-state index is -0.540. The molecule has 1 aromatic carbocycles. The number of fused-ring (bicyclic) bond motifs is 2. The van der Waals surface area contributed by atoms with Gasteiger partial charge in [-0.3, -0.25) is 23.8 Å². The molecule has 3 aromatic heterocycles. The van der Waals surface area contributed by atoms with Crippen molar-refractivity contribution >= 4 is 22.8 Å². The Hall–Kier alpha value is -4.55. The second-order valence-electron chi connectivity index (χ2n) is 8.57. The number of hydrogen-bond acceptors (Lipinski definition) is 8. The number of aromatic amines is 1. The van der Waals surface area contributed by atoms with Crippen LogP contribution in [-0.4, -0.2) is 48.2 Å². The van der Waals surface area contributed by atoms with Gasteiger partial charge in [-0.05, 0) is 25.0 Å². The Morgan fingerprint density at radius 3 is 2.65 bits per heavy atom. The van der Waals surface area contributed by atoms with Gasteiger partial charge in [-0.1, -0.05) is 13.8 Å². The zero-order valence-corrected chi connectivity index (χ0v) is 20.7. The zero-order chi connectivity index (χ0) is 26.1. The van der Waals surface area contributed by atoms with Gasteiger partial charge >= 0.3 is 5.69 Å². The Kier molecular flexibility index (Phi) is 6.42. The van der Waals surface area contributed by atoms with E-state index in [1.807, 2.05) is 18.4 Å². The van der Waals surface area contributed by atoms with E-state index in [2.05, 4.69) is 20.4 Å². The molecule has 0 fully saturated rings. The van der Waals surface area contributed by atoms with Crippen LogP contribution < -0.4 is 30.8 Å². The molecule has 13 heteroatoms. The van der Waals surface area contributed by atoms with Crippen LogP contribution in [0.5, 0.6) is 17.4 Å². The topological polar surface area (TPSA) is 147 Å². The van der Waals surface area contributed by atoms with E-state index < -0.39 is 11.2 Å². The molecule has 2 N–H and O–H groups in total. The van der Waals surface area contributed by atoms with Gasteiger partial charge in [-0.2, -0.15) is 0 Å². The van der Waals surface area contributed by atoms with Crippen molar-refractivity contribution in [2.24, 2.45) is 7.05 Å². The third-order valence-electron chi connectivity index (χ3n) is 5.87. The lowest BCUT2D eigenvalue weighted by Gasteiger charge is -2.11. The fraction of sp³-hybridized carbons (Fsp3) is 0.375. The van der Waals surface area contributed by atoms with Crippen LogP contribution in [-0.2, 0) is 24.9 Å². The summed E-state index contributed by atoms with van der Waals surface area (Å²) in [7, 11) is 1.72. The summed E-state index contributed by atoms with van der Waals surface area (Å²) in [6, 6.07) is 6.76. The first-order valence-electron chi connectivity index (χ1n) is 12.0. The average Bonchev–Trinajstić information content (AvgIpc) is 3.57. The first kappa shape index (κ1) is 24.2. The summed E-state index contributed by atoms with van der Waals surface area (Å²) in [6.45, 7) is 4.82. The summed E-state index contributed by atoms with van der Waals surface area (Å²) in [6.07, 6.45) is 1.47. The number of ether oxygens (including phenoxy) is 3. The molecular weight excluding hydrogens is 482 g/mol. The van der Waals surface area contributed by atoms with Gasteiger partial charge in [0.25, 0.3) is 11.5 Å². The number of carbonyl (C=O) groups excluding carboxylic acids is 1. The van der Waals surface area contributed by atoms with Crippen molar-refractivity contribution in [1.29, 1.82) is 0 Å². The van der Waals surface area contributed by atoms with E-state index in [4.69, 9.17) is 14.2 Å². The first-order chi connectivity index (χ1) is 17.9. The predicted octanol–water partition coefficient (Wildman–Crippen LogP) is 1.85. The number of nitrogens with one attached hydrogen (secondary N) is 2. The van der Waals surface area contributed by atoms with Gasteiger partial charge in [0, 0.05) is 38.0 Å². The van der Waals surface area contributed by atoms with Gasteiger partial charge < -0.3 is 24.1 Å². The fourth-order valence-electron chi connectivity index (χ4n) is 4.28. The van der Waals surface area contributed by atoms with Crippen molar-refractivity contribution < 1.29 is 19.0 Å². The lowest BCUT2D eigenvalue weighted by Crippen LogP contribution is -2.31. The molecule has 0 unspecified atom stereocenters. The van der Waals surface area contributed by atoms with Crippen molar-refractivity contribution in [3.05, 3.63) is 45.1 Å². The lowest BCUT2D eigenvalue weighted by atomic mass is 10.3. The van der Waals surface area contributed by atoms with Crippen LogP contribution in [0.4, 0.5) is 5.69 Å². The van der Waals surface area contributed by atoms with Crippen LogP contribution >= 0.6 is 0 Å². The summed E-state index contributed by atoms with van der Waals surface area (Å²) < 4.78 is 21.2. The number of nitrogens with zero attached hydrogens (tertiary/aromatic N) is 5. The number of aryl methyl sites for hydroxylation is 3. The van der Waals surface area contributed by atoms with Crippen molar-refractivity contribution in [1.82, 2.24) is 28.9 Å². The zero-order valence-electron chi connectivity index (χ0n) is 20.7. The number of H-pyrrole nitrogens is 1. The second kappa shape index (κ2) is 9.84. The maximum atomic E-state index is 12.6. The number of rotatable bonds is 9. The van der Waals surface area contributed by atoms with Gasteiger partial charge in [0.1, 0.15) is 5.69 Å². The number of carbonyl (C=O) groups is 1. The lowest BCUT2D eigenvalue weighted by molar-refractivity contribution is -0.118. The third-order valence-corrected chi connectivity index (χ3v) is 5.87. The Balaban J connectivity index is 1.40. The number of aromatic nitrogens is 6. The van der Waals surface area contributed by atoms with E-state index in [0.29, 0.717) is 53.9 Å². The number of anilines is 1. The number of benzene rings is 1. The fourth-order valence-corrected chi connectivity index (χ4v) is 4.28. The van der Waals surface area contributed by atoms with Gasteiger partial charge in [-0.25, -0.2) is 9.78 Å². The molecule has 1 aliphatic rings. The Morgan fingerprint density at radius 1 is 1.11 bits per heavy atom. The summed E-state index contributed by atoms with van der Waals surface area (Å²) in [4.78, 5) is 44.5. The van der Waals surface area contributed by atoms with Crippen LogP contribution in [0.3, 0.4) is 0 Å². The molecule has 0 spiro atoms. The maximum Gasteiger partial charge on any atom is 0.330 e. The van der Waals surface area contributed by atoms with E-state index in [1.165, 1.54) is 4.57 Å². The molecule has 1 amide bonds. The van der Waals surface area contributed by atoms with E-state index in [-0.39, 0.29) is 30.7 Å². The SMILES string of the molecule is CCCn1c(-c2cc(OCC(=O)Nc3ccc4c(c3)OCO4)nn2C)nc2c(=O)[nH]c(=O)n(CCC)c21. The second-order valence-corrected chi connectivity index (χ2v) is 8.57. The van der Waals surface area contributed by atoms with E-state index in [0.717, 1.165) is 6.42 Å². The van der Waals surface area contributed by atoms with Gasteiger partial charge in [0.05, 0.1) is 0 Å². The van der Waals surface area contributed by atoms with Gasteiger partial charge in [0.2, 0.25) is 12.7 Å². The Bertz CT molecular complexity index is 1600. The normalized spacial score (nSPS) is 12.3.